The highest BCUT2D eigenvalue weighted by atomic mass is 16.4. The summed E-state index contributed by atoms with van der Waals surface area (Å²) in [6.45, 7) is 4.33. The maximum atomic E-state index is 11.4. The van der Waals surface area contributed by atoms with Crippen molar-refractivity contribution in [3.63, 3.8) is 0 Å². The van der Waals surface area contributed by atoms with Crippen LogP contribution in [0.4, 0.5) is 0 Å². The minimum Gasteiger partial charge on any atom is -0.481 e. The van der Waals surface area contributed by atoms with Gasteiger partial charge in [-0.05, 0) is 25.7 Å². The van der Waals surface area contributed by atoms with Gasteiger partial charge in [-0.25, -0.2) is 0 Å². The third kappa shape index (κ3) is 6.06. The highest BCUT2D eigenvalue weighted by molar-refractivity contribution is 5.74. The van der Waals surface area contributed by atoms with Crippen LogP contribution in [0.1, 0.15) is 71.6 Å². The van der Waals surface area contributed by atoms with E-state index >= 15 is 0 Å². The van der Waals surface area contributed by atoms with Crippen molar-refractivity contribution in [2.24, 2.45) is 5.41 Å². The number of unbranched alkanes of at least 4 members (excludes halogenated alkanes) is 4. The molecule has 0 fully saturated rings. The minimum absolute atomic E-state index is 0.244. The first kappa shape index (κ1) is 16.4. The fourth-order valence-corrected chi connectivity index (χ4v) is 2.29. The molecule has 0 aliphatic rings. The Morgan fingerprint density at radius 3 is 2.06 bits per heavy atom. The molecule has 0 heterocycles. The SMILES string of the molecule is CCCCC(CC)(CCCCCCO)C(=O)O. The lowest BCUT2D eigenvalue weighted by molar-refractivity contribution is -0.150. The second kappa shape index (κ2) is 9.46. The number of aliphatic carboxylic acids is 1. The summed E-state index contributed by atoms with van der Waals surface area (Å²) in [7, 11) is 0. The Morgan fingerprint density at radius 1 is 1.00 bits per heavy atom. The van der Waals surface area contributed by atoms with Gasteiger partial charge in [-0.2, -0.15) is 0 Å². The summed E-state index contributed by atoms with van der Waals surface area (Å²) in [5.74, 6) is -0.629. The summed E-state index contributed by atoms with van der Waals surface area (Å²) in [5.41, 5.74) is -0.505. The number of aliphatic hydroxyl groups is 1. The highest BCUT2D eigenvalue weighted by Gasteiger charge is 2.34. The van der Waals surface area contributed by atoms with Crippen molar-refractivity contribution in [1.82, 2.24) is 0 Å². The quantitative estimate of drug-likeness (QED) is 0.546. The van der Waals surface area contributed by atoms with E-state index in [1.54, 1.807) is 0 Å². The lowest BCUT2D eigenvalue weighted by Crippen LogP contribution is -2.30. The van der Waals surface area contributed by atoms with Gasteiger partial charge in [0.05, 0.1) is 5.41 Å². The molecule has 0 aliphatic carbocycles. The second-order valence-corrected chi connectivity index (χ2v) is 4.93. The van der Waals surface area contributed by atoms with Crippen LogP contribution in [0.2, 0.25) is 0 Å². The largest absolute Gasteiger partial charge is 0.481 e. The van der Waals surface area contributed by atoms with Gasteiger partial charge in [0.2, 0.25) is 0 Å². The van der Waals surface area contributed by atoms with Crippen molar-refractivity contribution in [1.29, 1.82) is 0 Å². The fraction of sp³-hybridized carbons (Fsp3) is 0.929. The van der Waals surface area contributed by atoms with Crippen LogP contribution in [-0.4, -0.2) is 22.8 Å². The number of hydrogen-bond donors (Lipinski definition) is 2. The summed E-state index contributed by atoms with van der Waals surface area (Å²) in [5, 5.41) is 18.1. The highest BCUT2D eigenvalue weighted by Crippen LogP contribution is 2.35. The minimum atomic E-state index is -0.629. The van der Waals surface area contributed by atoms with E-state index in [9.17, 15) is 9.90 Å². The monoisotopic (exact) mass is 244 g/mol. The molecule has 0 aromatic carbocycles. The first-order valence-corrected chi connectivity index (χ1v) is 6.97. The number of carboxylic acid groups (broad SMARTS) is 1. The Balaban J connectivity index is 4.13. The summed E-state index contributed by atoms with van der Waals surface area (Å²) >= 11 is 0. The molecule has 0 aromatic heterocycles. The zero-order chi connectivity index (χ0) is 13.1. The van der Waals surface area contributed by atoms with E-state index in [4.69, 9.17) is 5.11 Å². The van der Waals surface area contributed by atoms with Crippen LogP contribution >= 0.6 is 0 Å². The molecule has 0 amide bonds. The molecule has 0 aromatic rings. The van der Waals surface area contributed by atoms with Crippen molar-refractivity contribution in [2.75, 3.05) is 6.61 Å². The molecule has 0 bridgehead atoms. The summed E-state index contributed by atoms with van der Waals surface area (Å²) in [6, 6.07) is 0. The Hall–Kier alpha value is -0.570. The van der Waals surface area contributed by atoms with Gasteiger partial charge >= 0.3 is 5.97 Å². The van der Waals surface area contributed by atoms with Crippen molar-refractivity contribution in [3.05, 3.63) is 0 Å². The van der Waals surface area contributed by atoms with Gasteiger partial charge in [-0.1, -0.05) is 46.0 Å². The summed E-state index contributed by atoms with van der Waals surface area (Å²) < 4.78 is 0. The number of carbonyl (C=O) groups is 1. The molecule has 0 saturated carbocycles. The zero-order valence-electron chi connectivity index (χ0n) is 11.4. The smallest absolute Gasteiger partial charge is 0.309 e. The van der Waals surface area contributed by atoms with E-state index in [0.29, 0.717) is 0 Å². The molecule has 2 N–H and O–H groups in total. The van der Waals surface area contributed by atoms with E-state index in [1.165, 1.54) is 0 Å². The summed E-state index contributed by atoms with van der Waals surface area (Å²) in [6.07, 6.45) is 8.19. The Bertz CT molecular complexity index is 204. The zero-order valence-corrected chi connectivity index (χ0v) is 11.4. The third-order valence-corrected chi connectivity index (χ3v) is 3.70. The van der Waals surface area contributed by atoms with Crippen LogP contribution in [0.25, 0.3) is 0 Å². The van der Waals surface area contributed by atoms with Gasteiger partial charge in [0, 0.05) is 6.61 Å². The molecular formula is C14H28O3. The van der Waals surface area contributed by atoms with E-state index < -0.39 is 11.4 Å². The van der Waals surface area contributed by atoms with Crippen LogP contribution in [0.15, 0.2) is 0 Å². The average molecular weight is 244 g/mol. The lowest BCUT2D eigenvalue weighted by Gasteiger charge is -2.28. The van der Waals surface area contributed by atoms with Gasteiger partial charge in [-0.3, -0.25) is 4.79 Å². The average Bonchev–Trinajstić information content (AvgIpc) is 2.32. The topological polar surface area (TPSA) is 57.5 Å². The van der Waals surface area contributed by atoms with E-state index in [2.05, 4.69) is 6.92 Å². The third-order valence-electron chi connectivity index (χ3n) is 3.70. The Morgan fingerprint density at radius 2 is 1.59 bits per heavy atom. The normalized spacial score (nSPS) is 14.5. The predicted octanol–water partition coefficient (Wildman–Crippen LogP) is 3.60. The number of carboxylic acids is 1. The van der Waals surface area contributed by atoms with Gasteiger partial charge in [0.15, 0.2) is 0 Å². The second-order valence-electron chi connectivity index (χ2n) is 4.93. The molecule has 0 spiro atoms. The Kier molecular flexibility index (Phi) is 9.14. The van der Waals surface area contributed by atoms with E-state index in [1.807, 2.05) is 6.92 Å². The molecule has 0 aliphatic heterocycles. The van der Waals surface area contributed by atoms with Crippen molar-refractivity contribution in [3.8, 4) is 0 Å². The number of rotatable bonds is 11. The summed E-state index contributed by atoms with van der Waals surface area (Å²) in [4.78, 5) is 11.4. The molecule has 1 atom stereocenters. The molecular weight excluding hydrogens is 216 g/mol. The molecule has 0 saturated heterocycles. The van der Waals surface area contributed by atoms with Crippen molar-refractivity contribution in [2.45, 2.75) is 71.6 Å². The van der Waals surface area contributed by atoms with Crippen LogP contribution < -0.4 is 0 Å². The molecule has 3 heteroatoms. The van der Waals surface area contributed by atoms with Crippen LogP contribution in [0, 0.1) is 5.41 Å². The number of aliphatic hydroxyl groups excluding tert-OH is 1. The van der Waals surface area contributed by atoms with Gasteiger partial charge in [0.25, 0.3) is 0 Å². The van der Waals surface area contributed by atoms with Crippen molar-refractivity contribution < 1.29 is 15.0 Å². The lowest BCUT2D eigenvalue weighted by atomic mass is 9.76. The maximum absolute atomic E-state index is 11.4. The van der Waals surface area contributed by atoms with Crippen LogP contribution in [0.3, 0.4) is 0 Å². The fourth-order valence-electron chi connectivity index (χ4n) is 2.29. The molecule has 0 rings (SSSR count). The first-order chi connectivity index (χ1) is 8.13. The van der Waals surface area contributed by atoms with Gasteiger partial charge < -0.3 is 10.2 Å². The molecule has 102 valence electrons. The van der Waals surface area contributed by atoms with Gasteiger partial charge in [0.1, 0.15) is 0 Å². The predicted molar refractivity (Wildman–Crippen MR) is 70.1 cm³/mol. The molecule has 3 nitrogen and oxygen atoms in total. The number of hydrogen-bond acceptors (Lipinski definition) is 2. The first-order valence-electron chi connectivity index (χ1n) is 6.97. The van der Waals surface area contributed by atoms with Crippen LogP contribution in [0.5, 0.6) is 0 Å². The molecule has 0 radical (unpaired) electrons. The Labute approximate surface area is 105 Å². The van der Waals surface area contributed by atoms with E-state index in [-0.39, 0.29) is 6.61 Å². The van der Waals surface area contributed by atoms with Gasteiger partial charge in [-0.15, -0.1) is 0 Å². The molecule has 1 unspecified atom stereocenters. The van der Waals surface area contributed by atoms with E-state index in [0.717, 1.165) is 57.8 Å². The standard InChI is InChI=1S/C14H28O3/c1-3-5-10-14(4-2,13(16)17)11-8-6-7-9-12-15/h15H,3-12H2,1-2H3,(H,16,17). The molecule has 17 heavy (non-hydrogen) atoms. The van der Waals surface area contributed by atoms with Crippen molar-refractivity contribution >= 4 is 5.97 Å². The van der Waals surface area contributed by atoms with Crippen LogP contribution in [-0.2, 0) is 4.79 Å². The maximum Gasteiger partial charge on any atom is 0.309 e.